The largest absolute Gasteiger partial charge is 0.328 e. The molecule has 6 heteroatoms. The van der Waals surface area contributed by atoms with Gasteiger partial charge in [-0.3, -0.25) is 19.4 Å². The van der Waals surface area contributed by atoms with Crippen LogP contribution in [0.1, 0.15) is 26.3 Å². The minimum absolute atomic E-state index is 0.0240. The van der Waals surface area contributed by atoms with E-state index in [-0.39, 0.29) is 11.3 Å². The predicted molar refractivity (Wildman–Crippen MR) is 115 cm³/mol. The van der Waals surface area contributed by atoms with Gasteiger partial charge < -0.3 is 10.3 Å². The second kappa shape index (κ2) is 8.36. The van der Waals surface area contributed by atoms with Gasteiger partial charge in [0.1, 0.15) is 5.56 Å². The molecule has 0 aliphatic carbocycles. The molecule has 30 heavy (non-hydrogen) atoms. The molecule has 4 aromatic rings. The van der Waals surface area contributed by atoms with Crippen LogP contribution in [-0.2, 0) is 0 Å². The summed E-state index contributed by atoms with van der Waals surface area (Å²) in [7, 11) is 0. The second-order valence-electron chi connectivity index (χ2n) is 6.60. The van der Waals surface area contributed by atoms with Crippen LogP contribution < -0.4 is 10.9 Å². The molecule has 2 N–H and O–H groups in total. The molecule has 0 saturated carbocycles. The van der Waals surface area contributed by atoms with Gasteiger partial charge in [0.2, 0.25) is 0 Å². The maximum absolute atomic E-state index is 12.7. The Morgan fingerprint density at radius 1 is 0.800 bits per heavy atom. The molecule has 0 atom stereocenters. The van der Waals surface area contributed by atoms with Crippen molar-refractivity contribution >= 4 is 17.4 Å². The lowest BCUT2D eigenvalue weighted by Crippen LogP contribution is -2.23. The number of benzene rings is 2. The number of rotatable bonds is 5. The van der Waals surface area contributed by atoms with Gasteiger partial charge >= 0.3 is 0 Å². The molecule has 0 unspecified atom stereocenters. The van der Waals surface area contributed by atoms with E-state index in [0.717, 1.165) is 5.56 Å². The van der Waals surface area contributed by atoms with Gasteiger partial charge in [-0.1, -0.05) is 42.5 Å². The highest BCUT2D eigenvalue weighted by atomic mass is 16.2. The molecule has 0 bridgehead atoms. The Labute approximate surface area is 172 Å². The fourth-order valence-electron chi connectivity index (χ4n) is 3.06. The summed E-state index contributed by atoms with van der Waals surface area (Å²) in [5.74, 6) is -0.708. The Morgan fingerprint density at radius 2 is 1.53 bits per heavy atom. The maximum atomic E-state index is 12.7. The smallest absolute Gasteiger partial charge is 0.261 e. The number of H-pyrrole nitrogens is 1. The summed E-state index contributed by atoms with van der Waals surface area (Å²) < 4.78 is 0. The van der Waals surface area contributed by atoms with E-state index >= 15 is 0 Å². The van der Waals surface area contributed by atoms with Crippen molar-refractivity contribution in [1.82, 2.24) is 9.97 Å². The summed E-state index contributed by atoms with van der Waals surface area (Å²) in [5.41, 5.74) is 2.42. The van der Waals surface area contributed by atoms with Crippen LogP contribution in [0.4, 0.5) is 5.69 Å². The molecule has 0 saturated heterocycles. The third-order valence-electron chi connectivity index (χ3n) is 4.58. The Bertz CT molecular complexity index is 1270. The Kier molecular flexibility index (Phi) is 5.30. The highest BCUT2D eigenvalue weighted by Crippen LogP contribution is 2.19. The van der Waals surface area contributed by atoms with Crippen molar-refractivity contribution in [2.24, 2.45) is 0 Å². The molecule has 2 aromatic carbocycles. The van der Waals surface area contributed by atoms with Crippen LogP contribution in [-0.4, -0.2) is 21.7 Å². The molecule has 0 aliphatic rings. The van der Waals surface area contributed by atoms with E-state index in [1.54, 1.807) is 79.3 Å². The third kappa shape index (κ3) is 4.07. The summed E-state index contributed by atoms with van der Waals surface area (Å²) in [4.78, 5) is 44.2. The number of anilines is 1. The average molecular weight is 395 g/mol. The number of hydrogen-bond donors (Lipinski definition) is 2. The van der Waals surface area contributed by atoms with E-state index in [2.05, 4.69) is 15.3 Å². The number of nitrogens with zero attached hydrogens (tertiary/aromatic N) is 1. The van der Waals surface area contributed by atoms with Gasteiger partial charge in [0.25, 0.3) is 11.5 Å². The summed E-state index contributed by atoms with van der Waals surface area (Å²) in [6, 6.07) is 20.6. The SMILES string of the molecule is O=C(c1ccccc1)c1cccc(NC(=O)c2cc(-c3ccncc3)c[nH]c2=O)c1. The number of nitrogens with one attached hydrogen (secondary N) is 2. The fourth-order valence-corrected chi connectivity index (χ4v) is 3.06. The van der Waals surface area contributed by atoms with Crippen molar-refractivity contribution in [3.05, 3.63) is 118 Å². The first-order valence-corrected chi connectivity index (χ1v) is 9.26. The summed E-state index contributed by atoms with van der Waals surface area (Å²) in [6.45, 7) is 0. The van der Waals surface area contributed by atoms with Gasteiger partial charge in [0.05, 0.1) is 0 Å². The zero-order valence-corrected chi connectivity index (χ0v) is 15.8. The first-order chi connectivity index (χ1) is 14.6. The van der Waals surface area contributed by atoms with Crippen LogP contribution in [0.5, 0.6) is 0 Å². The first-order valence-electron chi connectivity index (χ1n) is 9.26. The molecule has 4 rings (SSSR count). The lowest BCUT2D eigenvalue weighted by atomic mass is 10.0. The van der Waals surface area contributed by atoms with Crippen LogP contribution in [0.3, 0.4) is 0 Å². The number of pyridine rings is 2. The Balaban J connectivity index is 1.59. The highest BCUT2D eigenvalue weighted by molar-refractivity contribution is 6.10. The Morgan fingerprint density at radius 3 is 2.30 bits per heavy atom. The van der Waals surface area contributed by atoms with Crippen molar-refractivity contribution in [3.8, 4) is 11.1 Å². The van der Waals surface area contributed by atoms with E-state index in [4.69, 9.17) is 0 Å². The van der Waals surface area contributed by atoms with Crippen LogP contribution in [0.25, 0.3) is 11.1 Å². The molecule has 2 aromatic heterocycles. The Hall–Kier alpha value is -4.32. The summed E-state index contributed by atoms with van der Waals surface area (Å²) in [6.07, 6.45) is 4.82. The van der Waals surface area contributed by atoms with E-state index in [0.29, 0.717) is 22.4 Å². The summed E-state index contributed by atoms with van der Waals surface area (Å²) in [5, 5.41) is 2.70. The molecule has 0 aliphatic heterocycles. The van der Waals surface area contributed by atoms with Crippen LogP contribution in [0.15, 0.2) is 96.2 Å². The van der Waals surface area contributed by atoms with E-state index < -0.39 is 11.5 Å². The maximum Gasteiger partial charge on any atom is 0.261 e. The molecular formula is C24H17N3O3. The molecule has 0 fully saturated rings. The normalized spacial score (nSPS) is 10.4. The van der Waals surface area contributed by atoms with Gasteiger partial charge in [0, 0.05) is 35.4 Å². The average Bonchev–Trinajstić information content (AvgIpc) is 2.80. The number of amides is 1. The zero-order chi connectivity index (χ0) is 20.9. The first kappa shape index (κ1) is 19.0. The van der Waals surface area contributed by atoms with Crippen LogP contribution in [0.2, 0.25) is 0 Å². The molecular weight excluding hydrogens is 378 g/mol. The van der Waals surface area contributed by atoms with Gasteiger partial charge in [0.15, 0.2) is 5.78 Å². The molecule has 0 radical (unpaired) electrons. The van der Waals surface area contributed by atoms with Gasteiger partial charge in [-0.05, 0) is 41.5 Å². The number of carbonyl (C=O) groups is 2. The van der Waals surface area contributed by atoms with E-state index in [9.17, 15) is 14.4 Å². The monoisotopic (exact) mass is 395 g/mol. The predicted octanol–water partition coefficient (Wildman–Crippen LogP) is 3.92. The molecule has 2 heterocycles. The quantitative estimate of drug-likeness (QED) is 0.501. The van der Waals surface area contributed by atoms with Gasteiger partial charge in [-0.15, -0.1) is 0 Å². The summed E-state index contributed by atoms with van der Waals surface area (Å²) >= 11 is 0. The lowest BCUT2D eigenvalue weighted by molar-refractivity contribution is 0.102. The molecule has 1 amide bonds. The number of aromatic nitrogens is 2. The number of carbonyl (C=O) groups excluding carboxylic acids is 2. The molecule has 6 nitrogen and oxygen atoms in total. The minimum Gasteiger partial charge on any atom is -0.328 e. The fraction of sp³-hybridized carbons (Fsp3) is 0. The topological polar surface area (TPSA) is 91.9 Å². The van der Waals surface area contributed by atoms with Crippen molar-refractivity contribution in [2.45, 2.75) is 0 Å². The third-order valence-corrected chi connectivity index (χ3v) is 4.58. The van der Waals surface area contributed by atoms with Crippen molar-refractivity contribution in [2.75, 3.05) is 5.32 Å². The lowest BCUT2D eigenvalue weighted by Gasteiger charge is -2.08. The van der Waals surface area contributed by atoms with Gasteiger partial charge in [-0.25, -0.2) is 0 Å². The second-order valence-corrected chi connectivity index (χ2v) is 6.60. The van der Waals surface area contributed by atoms with Gasteiger partial charge in [-0.2, -0.15) is 0 Å². The molecule has 0 spiro atoms. The number of hydrogen-bond acceptors (Lipinski definition) is 4. The number of ketones is 1. The highest BCUT2D eigenvalue weighted by Gasteiger charge is 2.14. The van der Waals surface area contributed by atoms with Crippen molar-refractivity contribution < 1.29 is 9.59 Å². The van der Waals surface area contributed by atoms with E-state index in [1.165, 1.54) is 6.07 Å². The van der Waals surface area contributed by atoms with Crippen LogP contribution in [0, 0.1) is 0 Å². The standard InChI is InChI=1S/C24H17N3O3/c28-22(17-5-2-1-3-6-17)18-7-4-8-20(13-18)27-24(30)21-14-19(15-26-23(21)29)16-9-11-25-12-10-16/h1-15H,(H,26,29)(H,27,30). The van der Waals surface area contributed by atoms with Crippen molar-refractivity contribution in [1.29, 1.82) is 0 Å². The van der Waals surface area contributed by atoms with E-state index in [1.807, 2.05) is 6.07 Å². The number of aromatic amines is 1. The zero-order valence-electron chi connectivity index (χ0n) is 15.8. The minimum atomic E-state index is -0.559. The van der Waals surface area contributed by atoms with Crippen molar-refractivity contribution in [3.63, 3.8) is 0 Å². The molecule has 146 valence electrons. The van der Waals surface area contributed by atoms with Crippen LogP contribution >= 0.6 is 0 Å².